The standard InChI is InChI=1S/C10H21ClO3Si/c1-12-15(13-2,9-5-8-11)14-10-6-3-4-7-10/h10H,3-9H2,1-2H3. The van der Waals surface area contributed by atoms with Crippen molar-refractivity contribution in [1.29, 1.82) is 0 Å². The number of halogens is 1. The average molecular weight is 253 g/mol. The Bertz CT molecular complexity index is 170. The quantitative estimate of drug-likeness (QED) is 0.515. The lowest BCUT2D eigenvalue weighted by atomic mass is 10.3. The summed E-state index contributed by atoms with van der Waals surface area (Å²) in [6.45, 7) is 0. The van der Waals surface area contributed by atoms with Gasteiger partial charge in [0.1, 0.15) is 0 Å². The fraction of sp³-hybridized carbons (Fsp3) is 1.00. The Hall–Kier alpha value is 0.387. The van der Waals surface area contributed by atoms with Crippen LogP contribution in [0.1, 0.15) is 32.1 Å². The normalized spacial score (nSPS) is 18.6. The van der Waals surface area contributed by atoms with E-state index in [4.69, 9.17) is 24.9 Å². The molecule has 0 bridgehead atoms. The zero-order valence-corrected chi connectivity index (χ0v) is 11.4. The Balaban J connectivity index is 2.45. The van der Waals surface area contributed by atoms with Gasteiger partial charge in [0, 0.05) is 32.2 Å². The Labute approximate surface area is 98.4 Å². The molecule has 0 atom stereocenters. The van der Waals surface area contributed by atoms with E-state index in [1.807, 2.05) is 0 Å². The molecule has 0 heterocycles. The lowest BCUT2D eigenvalue weighted by molar-refractivity contribution is 0.0578. The summed E-state index contributed by atoms with van der Waals surface area (Å²) >= 11 is 5.69. The van der Waals surface area contributed by atoms with Crippen molar-refractivity contribution in [2.45, 2.75) is 44.3 Å². The highest BCUT2D eigenvalue weighted by atomic mass is 35.5. The summed E-state index contributed by atoms with van der Waals surface area (Å²) < 4.78 is 17.0. The molecule has 1 aliphatic rings. The van der Waals surface area contributed by atoms with Crippen molar-refractivity contribution in [2.75, 3.05) is 20.1 Å². The van der Waals surface area contributed by atoms with Crippen molar-refractivity contribution in [3.05, 3.63) is 0 Å². The Morgan fingerprint density at radius 2 is 1.80 bits per heavy atom. The summed E-state index contributed by atoms with van der Waals surface area (Å²) in [6, 6.07) is 0.819. The minimum atomic E-state index is -2.41. The van der Waals surface area contributed by atoms with Crippen LogP contribution in [0.4, 0.5) is 0 Å². The molecule has 0 spiro atoms. The summed E-state index contributed by atoms with van der Waals surface area (Å²) in [6.07, 6.45) is 6.04. The molecule has 0 unspecified atom stereocenters. The number of hydrogen-bond donors (Lipinski definition) is 0. The summed E-state index contributed by atoms with van der Waals surface area (Å²) in [7, 11) is 0.945. The third kappa shape index (κ3) is 4.04. The molecule has 0 N–H and O–H groups in total. The molecule has 1 saturated carbocycles. The van der Waals surface area contributed by atoms with E-state index in [9.17, 15) is 0 Å². The molecule has 5 heteroatoms. The maximum Gasteiger partial charge on any atom is 0.500 e. The molecule has 0 amide bonds. The lowest BCUT2D eigenvalue weighted by Crippen LogP contribution is -2.46. The van der Waals surface area contributed by atoms with Gasteiger partial charge < -0.3 is 13.3 Å². The molecule has 0 aliphatic heterocycles. The van der Waals surface area contributed by atoms with Crippen molar-refractivity contribution in [3.8, 4) is 0 Å². The lowest BCUT2D eigenvalue weighted by Gasteiger charge is -2.29. The average Bonchev–Trinajstić information content (AvgIpc) is 2.77. The van der Waals surface area contributed by atoms with Gasteiger partial charge in [0.05, 0.1) is 0 Å². The van der Waals surface area contributed by atoms with Gasteiger partial charge in [-0.1, -0.05) is 12.8 Å². The van der Waals surface area contributed by atoms with Crippen LogP contribution < -0.4 is 0 Å². The van der Waals surface area contributed by atoms with Crippen LogP contribution in [-0.2, 0) is 13.3 Å². The van der Waals surface area contributed by atoms with Crippen LogP contribution >= 0.6 is 11.6 Å². The number of alkyl halides is 1. The van der Waals surface area contributed by atoms with Gasteiger partial charge in [-0.25, -0.2) is 0 Å². The van der Waals surface area contributed by atoms with Gasteiger partial charge in [-0.05, 0) is 19.3 Å². The minimum Gasteiger partial charge on any atom is -0.377 e. The minimum absolute atomic E-state index is 0.340. The van der Waals surface area contributed by atoms with Gasteiger partial charge in [0.2, 0.25) is 0 Å². The van der Waals surface area contributed by atoms with Crippen LogP contribution in [0.5, 0.6) is 0 Å². The van der Waals surface area contributed by atoms with Gasteiger partial charge >= 0.3 is 8.80 Å². The first-order chi connectivity index (χ1) is 7.26. The van der Waals surface area contributed by atoms with Crippen molar-refractivity contribution >= 4 is 20.4 Å². The van der Waals surface area contributed by atoms with E-state index in [0.717, 1.165) is 25.3 Å². The smallest absolute Gasteiger partial charge is 0.377 e. The predicted molar refractivity (Wildman–Crippen MR) is 63.3 cm³/mol. The zero-order chi connectivity index (χ0) is 11.1. The van der Waals surface area contributed by atoms with E-state index in [-0.39, 0.29) is 0 Å². The van der Waals surface area contributed by atoms with E-state index in [0.29, 0.717) is 12.0 Å². The summed E-state index contributed by atoms with van der Waals surface area (Å²) in [4.78, 5) is 0. The summed E-state index contributed by atoms with van der Waals surface area (Å²) in [5, 5.41) is 0. The van der Waals surface area contributed by atoms with Crippen LogP contribution in [0.2, 0.25) is 6.04 Å². The van der Waals surface area contributed by atoms with Crippen molar-refractivity contribution in [1.82, 2.24) is 0 Å². The fourth-order valence-electron chi connectivity index (χ4n) is 1.99. The van der Waals surface area contributed by atoms with Gasteiger partial charge in [-0.15, -0.1) is 11.6 Å². The summed E-state index contributed by atoms with van der Waals surface area (Å²) in [5.74, 6) is 0.634. The van der Waals surface area contributed by atoms with E-state index < -0.39 is 8.80 Å². The first-order valence-electron chi connectivity index (χ1n) is 5.60. The van der Waals surface area contributed by atoms with Crippen LogP contribution in [0.15, 0.2) is 0 Å². The van der Waals surface area contributed by atoms with Gasteiger partial charge in [0.25, 0.3) is 0 Å². The van der Waals surface area contributed by atoms with Crippen LogP contribution in [0.3, 0.4) is 0 Å². The third-order valence-electron chi connectivity index (χ3n) is 2.89. The fourth-order valence-corrected chi connectivity index (χ4v) is 4.58. The Morgan fingerprint density at radius 3 is 2.27 bits per heavy atom. The van der Waals surface area contributed by atoms with Crippen molar-refractivity contribution in [2.24, 2.45) is 0 Å². The molecule has 0 aromatic rings. The van der Waals surface area contributed by atoms with Gasteiger partial charge in [-0.2, -0.15) is 0 Å². The van der Waals surface area contributed by atoms with E-state index in [1.54, 1.807) is 14.2 Å². The molecule has 1 fully saturated rings. The Morgan fingerprint density at radius 1 is 1.20 bits per heavy atom. The highest BCUT2D eigenvalue weighted by Gasteiger charge is 2.41. The molecule has 3 nitrogen and oxygen atoms in total. The third-order valence-corrected chi connectivity index (χ3v) is 6.06. The van der Waals surface area contributed by atoms with Crippen LogP contribution in [0.25, 0.3) is 0 Å². The first kappa shape index (κ1) is 13.5. The molecule has 15 heavy (non-hydrogen) atoms. The highest BCUT2D eigenvalue weighted by molar-refractivity contribution is 6.60. The molecular formula is C10H21ClO3Si. The topological polar surface area (TPSA) is 27.7 Å². The molecule has 0 aromatic heterocycles. The van der Waals surface area contributed by atoms with Crippen LogP contribution in [-0.4, -0.2) is 35.0 Å². The first-order valence-corrected chi connectivity index (χ1v) is 8.07. The molecule has 0 saturated heterocycles. The molecule has 0 radical (unpaired) electrons. The van der Waals surface area contributed by atoms with E-state index >= 15 is 0 Å². The Kier molecular flexibility index (Phi) is 6.15. The maximum atomic E-state index is 6.04. The van der Waals surface area contributed by atoms with Crippen molar-refractivity contribution < 1.29 is 13.3 Å². The number of rotatable bonds is 7. The summed E-state index contributed by atoms with van der Waals surface area (Å²) in [5.41, 5.74) is 0. The second kappa shape index (κ2) is 6.86. The predicted octanol–water partition coefficient (Wildman–Crippen LogP) is 2.81. The molecule has 0 aromatic carbocycles. The largest absolute Gasteiger partial charge is 0.500 e. The van der Waals surface area contributed by atoms with Crippen molar-refractivity contribution in [3.63, 3.8) is 0 Å². The molecule has 1 rings (SSSR count). The second-order valence-corrected chi connectivity index (χ2v) is 7.20. The molecular weight excluding hydrogens is 232 g/mol. The SMILES string of the molecule is CO[Si](CCCCl)(OC)OC1CCCC1. The second-order valence-electron chi connectivity index (χ2n) is 3.91. The molecule has 1 aliphatic carbocycles. The van der Waals surface area contributed by atoms with E-state index in [2.05, 4.69) is 0 Å². The number of hydrogen-bond acceptors (Lipinski definition) is 3. The highest BCUT2D eigenvalue weighted by Crippen LogP contribution is 2.27. The molecule has 90 valence electrons. The maximum absolute atomic E-state index is 6.04. The monoisotopic (exact) mass is 252 g/mol. The van der Waals surface area contributed by atoms with Gasteiger partial charge in [0.15, 0.2) is 0 Å². The van der Waals surface area contributed by atoms with Gasteiger partial charge in [-0.3, -0.25) is 0 Å². The van der Waals surface area contributed by atoms with E-state index in [1.165, 1.54) is 12.8 Å². The zero-order valence-electron chi connectivity index (χ0n) is 9.63. The van der Waals surface area contributed by atoms with Crippen LogP contribution in [0, 0.1) is 0 Å².